The maximum Gasteiger partial charge on any atom is 0.271 e. The lowest BCUT2D eigenvalue weighted by Gasteiger charge is -2.43. The van der Waals surface area contributed by atoms with E-state index in [1.165, 1.54) is 18.5 Å². The summed E-state index contributed by atoms with van der Waals surface area (Å²) in [4.78, 5) is 27.2. The molecule has 5 rings (SSSR count). The summed E-state index contributed by atoms with van der Waals surface area (Å²) >= 11 is 0. The molecule has 31 heavy (non-hydrogen) atoms. The molecule has 6 heteroatoms. The lowest BCUT2D eigenvalue weighted by molar-refractivity contribution is -0.117. The van der Waals surface area contributed by atoms with Crippen molar-refractivity contribution in [1.29, 1.82) is 0 Å². The average molecular weight is 416 g/mol. The third kappa shape index (κ3) is 3.97. The fourth-order valence-electron chi connectivity index (χ4n) is 5.07. The Bertz CT molecular complexity index is 989. The molecule has 2 aromatic rings. The van der Waals surface area contributed by atoms with Crippen LogP contribution in [0.4, 0.5) is 23.0 Å². The minimum atomic E-state index is 0.0895. The SMILES string of the molecule is [C-]#[N+]c1ccc2c(n1)N(C1CCC(N(CC3CC3)c3ccccc3)CC1)CC(=O)N2C. The minimum absolute atomic E-state index is 0.0895. The van der Waals surface area contributed by atoms with Crippen molar-refractivity contribution in [1.82, 2.24) is 4.98 Å². The van der Waals surface area contributed by atoms with Crippen LogP contribution in [0.3, 0.4) is 0 Å². The third-order valence-electron chi connectivity index (χ3n) is 7.05. The maximum absolute atomic E-state index is 12.6. The third-order valence-corrected chi connectivity index (χ3v) is 7.05. The van der Waals surface area contributed by atoms with Gasteiger partial charge in [-0.25, -0.2) is 0 Å². The van der Waals surface area contributed by atoms with E-state index in [-0.39, 0.29) is 5.91 Å². The van der Waals surface area contributed by atoms with Crippen LogP contribution in [0.5, 0.6) is 0 Å². The summed E-state index contributed by atoms with van der Waals surface area (Å²) in [6.45, 7) is 8.84. The molecule has 2 heterocycles. The summed E-state index contributed by atoms with van der Waals surface area (Å²) in [5, 5.41) is 0. The molecule has 6 nitrogen and oxygen atoms in total. The van der Waals surface area contributed by atoms with E-state index in [4.69, 9.17) is 6.57 Å². The monoisotopic (exact) mass is 415 g/mol. The molecule has 2 saturated carbocycles. The molecule has 0 N–H and O–H groups in total. The normalized spacial score (nSPS) is 23.3. The zero-order valence-corrected chi connectivity index (χ0v) is 18.1. The van der Waals surface area contributed by atoms with Crippen molar-refractivity contribution in [3.63, 3.8) is 0 Å². The second kappa shape index (κ2) is 8.22. The van der Waals surface area contributed by atoms with Crippen LogP contribution in [-0.2, 0) is 4.79 Å². The van der Waals surface area contributed by atoms with Gasteiger partial charge in [0.25, 0.3) is 5.82 Å². The lowest BCUT2D eigenvalue weighted by Crippen LogP contribution is -2.51. The summed E-state index contributed by atoms with van der Waals surface area (Å²) in [6.07, 6.45) is 7.02. The van der Waals surface area contributed by atoms with Gasteiger partial charge in [-0.05, 0) is 68.7 Å². The molecular formula is C25H29N5O. The zero-order chi connectivity index (χ0) is 21.4. The number of pyridine rings is 1. The van der Waals surface area contributed by atoms with Crippen LogP contribution in [0.25, 0.3) is 4.85 Å². The number of hydrogen-bond donors (Lipinski definition) is 0. The van der Waals surface area contributed by atoms with E-state index in [1.807, 2.05) is 6.07 Å². The molecule has 3 aliphatic rings. The first-order valence-electron chi connectivity index (χ1n) is 11.4. The van der Waals surface area contributed by atoms with Crippen LogP contribution in [0.2, 0.25) is 0 Å². The van der Waals surface area contributed by atoms with Crippen LogP contribution >= 0.6 is 0 Å². The van der Waals surface area contributed by atoms with Crippen molar-refractivity contribution in [2.24, 2.45) is 5.92 Å². The van der Waals surface area contributed by atoms with Gasteiger partial charge in [0, 0.05) is 31.4 Å². The highest BCUT2D eigenvalue weighted by atomic mass is 16.2. The first-order valence-corrected chi connectivity index (χ1v) is 11.4. The van der Waals surface area contributed by atoms with E-state index in [9.17, 15) is 4.79 Å². The Hall–Kier alpha value is -3.07. The molecule has 1 aromatic carbocycles. The number of fused-ring (bicyclic) bond motifs is 1. The van der Waals surface area contributed by atoms with Crippen molar-refractivity contribution in [3.05, 3.63) is 53.9 Å². The van der Waals surface area contributed by atoms with Gasteiger partial charge in [0.2, 0.25) is 11.7 Å². The molecule has 0 saturated heterocycles. The number of hydrogen-bond acceptors (Lipinski definition) is 4. The fraction of sp³-hybridized carbons (Fsp3) is 0.480. The van der Waals surface area contributed by atoms with Gasteiger partial charge >= 0.3 is 0 Å². The van der Waals surface area contributed by atoms with E-state index in [0.717, 1.165) is 49.7 Å². The highest BCUT2D eigenvalue weighted by Gasteiger charge is 2.38. The molecule has 0 atom stereocenters. The van der Waals surface area contributed by atoms with Crippen LogP contribution < -0.4 is 14.7 Å². The van der Waals surface area contributed by atoms with E-state index >= 15 is 0 Å². The van der Waals surface area contributed by atoms with Crippen LogP contribution in [0, 0.1) is 12.5 Å². The first-order chi connectivity index (χ1) is 15.1. The summed E-state index contributed by atoms with van der Waals surface area (Å²) in [5.41, 5.74) is 2.15. The van der Waals surface area contributed by atoms with Crippen molar-refractivity contribution in [2.45, 2.75) is 50.6 Å². The molecule has 0 radical (unpaired) electrons. The highest BCUT2D eigenvalue weighted by molar-refractivity contribution is 6.02. The van der Waals surface area contributed by atoms with E-state index < -0.39 is 0 Å². The minimum Gasteiger partial charge on any atom is -0.368 e. The molecule has 0 bridgehead atoms. The Morgan fingerprint density at radius 3 is 2.48 bits per heavy atom. The number of nitrogens with zero attached hydrogens (tertiary/aromatic N) is 5. The van der Waals surface area contributed by atoms with Gasteiger partial charge in [0.15, 0.2) is 0 Å². The molecule has 1 aliphatic heterocycles. The highest BCUT2D eigenvalue weighted by Crippen LogP contribution is 2.39. The van der Waals surface area contributed by atoms with Gasteiger partial charge in [0.05, 0.1) is 0 Å². The average Bonchev–Trinajstić information content (AvgIpc) is 3.64. The van der Waals surface area contributed by atoms with Crippen LogP contribution in [0.15, 0.2) is 42.5 Å². The Morgan fingerprint density at radius 2 is 1.81 bits per heavy atom. The van der Waals surface area contributed by atoms with Crippen molar-refractivity contribution >= 4 is 28.9 Å². The topological polar surface area (TPSA) is 44.0 Å². The standard InChI is InChI=1S/C25H29N5O/c1-26-23-15-14-22-25(27-23)30(17-24(31)28(22)2)21-12-10-20(11-13-21)29(16-18-8-9-18)19-6-4-3-5-7-19/h3-7,14-15,18,20-21H,8-13,16-17H2,2H3. The van der Waals surface area contributed by atoms with E-state index in [2.05, 4.69) is 50.0 Å². The van der Waals surface area contributed by atoms with Gasteiger partial charge < -0.3 is 19.5 Å². The van der Waals surface area contributed by atoms with E-state index in [1.54, 1.807) is 18.0 Å². The molecule has 2 aliphatic carbocycles. The number of anilines is 3. The fourth-order valence-corrected chi connectivity index (χ4v) is 5.07. The molecule has 0 unspecified atom stereocenters. The lowest BCUT2D eigenvalue weighted by atomic mass is 9.88. The Kier molecular flexibility index (Phi) is 5.27. The number of rotatable bonds is 5. The Labute approximate surface area is 184 Å². The summed E-state index contributed by atoms with van der Waals surface area (Å²) < 4.78 is 0. The molecule has 1 amide bonds. The number of benzene rings is 1. The predicted octanol–water partition coefficient (Wildman–Crippen LogP) is 4.64. The largest absolute Gasteiger partial charge is 0.368 e. The van der Waals surface area contributed by atoms with Gasteiger partial charge in [-0.1, -0.05) is 24.8 Å². The number of likely N-dealkylation sites (N-methyl/N-ethyl adjacent to an activating group) is 1. The molecule has 2 fully saturated rings. The first kappa shape index (κ1) is 19.9. The second-order valence-corrected chi connectivity index (χ2v) is 9.10. The molecule has 160 valence electrons. The number of para-hydroxylation sites is 1. The number of carbonyl (C=O) groups excluding carboxylic acids is 1. The summed E-state index contributed by atoms with van der Waals surface area (Å²) in [5.74, 6) is 2.11. The number of carbonyl (C=O) groups is 1. The molecular weight excluding hydrogens is 386 g/mol. The summed E-state index contributed by atoms with van der Waals surface area (Å²) in [7, 11) is 1.80. The van der Waals surface area contributed by atoms with Gasteiger partial charge in [0.1, 0.15) is 12.2 Å². The van der Waals surface area contributed by atoms with Crippen molar-refractivity contribution < 1.29 is 4.79 Å². The molecule has 0 spiro atoms. The van der Waals surface area contributed by atoms with Gasteiger partial charge in [-0.3, -0.25) is 4.79 Å². The van der Waals surface area contributed by atoms with Crippen LogP contribution in [-0.4, -0.2) is 43.1 Å². The van der Waals surface area contributed by atoms with Crippen LogP contribution in [0.1, 0.15) is 38.5 Å². The van der Waals surface area contributed by atoms with Gasteiger partial charge in [-0.15, -0.1) is 4.98 Å². The van der Waals surface area contributed by atoms with Gasteiger partial charge in [-0.2, -0.15) is 0 Å². The predicted molar refractivity (Wildman–Crippen MR) is 124 cm³/mol. The quantitative estimate of drug-likeness (QED) is 0.667. The zero-order valence-electron chi connectivity index (χ0n) is 18.1. The van der Waals surface area contributed by atoms with Crippen molar-refractivity contribution in [3.8, 4) is 0 Å². The van der Waals surface area contributed by atoms with Crippen molar-refractivity contribution in [2.75, 3.05) is 34.8 Å². The number of aromatic nitrogens is 1. The van der Waals surface area contributed by atoms with E-state index in [0.29, 0.717) is 24.4 Å². The molecule has 1 aromatic heterocycles. The second-order valence-electron chi connectivity index (χ2n) is 9.10. The Morgan fingerprint density at radius 1 is 1.06 bits per heavy atom. The number of amides is 1. The smallest absolute Gasteiger partial charge is 0.271 e. The summed E-state index contributed by atoms with van der Waals surface area (Å²) in [6, 6.07) is 15.2. The Balaban J connectivity index is 1.34. The maximum atomic E-state index is 12.6.